The van der Waals surface area contributed by atoms with Gasteiger partial charge in [-0.05, 0) is 93.5 Å². The van der Waals surface area contributed by atoms with E-state index in [1.165, 1.54) is 25.2 Å². The van der Waals surface area contributed by atoms with Crippen LogP contribution in [0.1, 0.15) is 73.1 Å². The fourth-order valence-electron chi connectivity index (χ4n) is 7.13. The number of carbonyl (C=O) groups is 1. The summed E-state index contributed by atoms with van der Waals surface area (Å²) >= 11 is 0. The molecule has 3 fully saturated rings. The van der Waals surface area contributed by atoms with Crippen molar-refractivity contribution in [3.63, 3.8) is 0 Å². The van der Waals surface area contributed by atoms with Crippen LogP contribution in [-0.4, -0.2) is 49.4 Å². The second-order valence-electron chi connectivity index (χ2n) is 10.4. The molecule has 0 aliphatic heterocycles. The Hall–Kier alpha value is -1.02. The predicted molar refractivity (Wildman–Crippen MR) is 126 cm³/mol. The van der Waals surface area contributed by atoms with E-state index < -0.39 is 16.5 Å². The van der Waals surface area contributed by atoms with Gasteiger partial charge in [-0.25, -0.2) is 4.18 Å². The quantitative estimate of drug-likeness (QED) is 0.583. The van der Waals surface area contributed by atoms with E-state index in [0.29, 0.717) is 24.2 Å². The fraction of sp³-hybridized carbons (Fsp3) is 0.800. The summed E-state index contributed by atoms with van der Waals surface area (Å²) in [5.41, 5.74) is 0.997. The molecule has 6 atom stereocenters. The van der Waals surface area contributed by atoms with Crippen LogP contribution in [0.25, 0.3) is 0 Å². The van der Waals surface area contributed by atoms with Crippen molar-refractivity contribution < 1.29 is 21.9 Å². The van der Waals surface area contributed by atoms with Gasteiger partial charge in [-0.3, -0.25) is 9.35 Å². The highest BCUT2D eigenvalue weighted by atomic mass is 32.3. The first kappa shape index (κ1) is 25.6. The van der Waals surface area contributed by atoms with Crippen LogP contribution in [0.3, 0.4) is 0 Å². The van der Waals surface area contributed by atoms with Crippen molar-refractivity contribution in [1.29, 1.82) is 0 Å². The van der Waals surface area contributed by atoms with Gasteiger partial charge in [0.25, 0.3) is 0 Å². The molecule has 0 bridgehead atoms. The number of allylic oxidation sites excluding steroid dienone is 4. The summed E-state index contributed by atoms with van der Waals surface area (Å²) in [5, 5.41) is 0. The van der Waals surface area contributed by atoms with Crippen molar-refractivity contribution in [3.8, 4) is 0 Å². The molecular weight excluding hydrogens is 426 g/mol. The Morgan fingerprint density at radius 2 is 1.72 bits per heavy atom. The average molecular weight is 468 g/mol. The number of nitrogens with zero attached hydrogens (tertiary/aromatic N) is 1. The lowest BCUT2D eigenvalue weighted by Gasteiger charge is -2.56. The van der Waals surface area contributed by atoms with Gasteiger partial charge >= 0.3 is 10.4 Å². The number of hydrogen-bond donors (Lipinski definition) is 1. The van der Waals surface area contributed by atoms with Gasteiger partial charge in [0.2, 0.25) is 0 Å². The monoisotopic (exact) mass is 467 g/mol. The highest BCUT2D eigenvalue weighted by Gasteiger charge is 2.59. The van der Waals surface area contributed by atoms with Gasteiger partial charge in [-0.1, -0.05) is 46.3 Å². The van der Waals surface area contributed by atoms with Crippen LogP contribution in [0.4, 0.5) is 0 Å². The van der Waals surface area contributed by atoms with Crippen molar-refractivity contribution in [1.82, 2.24) is 4.90 Å². The van der Waals surface area contributed by atoms with Crippen molar-refractivity contribution in [2.75, 3.05) is 19.6 Å². The number of ketones is 1. The zero-order valence-corrected chi connectivity index (χ0v) is 21.2. The van der Waals surface area contributed by atoms with Crippen LogP contribution in [0.2, 0.25) is 0 Å². The van der Waals surface area contributed by atoms with Crippen molar-refractivity contribution in [3.05, 3.63) is 23.8 Å². The normalized spacial score (nSPS) is 38.3. The van der Waals surface area contributed by atoms with Crippen LogP contribution in [0.5, 0.6) is 0 Å². The highest BCUT2D eigenvalue weighted by molar-refractivity contribution is 7.80. The third-order valence-corrected chi connectivity index (χ3v) is 9.52. The largest absolute Gasteiger partial charge is 0.397 e. The molecule has 0 aromatic heterocycles. The molecule has 0 saturated heterocycles. The maximum Gasteiger partial charge on any atom is 0.397 e. The van der Waals surface area contributed by atoms with Gasteiger partial charge < -0.3 is 4.90 Å². The summed E-state index contributed by atoms with van der Waals surface area (Å²) in [6, 6.07) is 0. The molecule has 0 radical (unpaired) electrons. The minimum absolute atomic E-state index is 0.0554. The standard InChI is InChI=1S/C19H26O5S.C6H15N/c1-18-9-7-13(20)11-12(18)3-4-14-15-5-6-17(24-25(21,22)23)19(15,2)10-8-16(14)18;1-4-7(5-2)6-3/h7,9,11,14-17H,3-6,8,10H2,1-2H3,(H,21,22,23);4-6H2,1-3H3/t14-,15-,16-,17+,18-,19-;/m0./s1. The van der Waals surface area contributed by atoms with Gasteiger partial charge in [0, 0.05) is 5.41 Å². The Bertz CT molecular complexity index is 856. The molecule has 6 nitrogen and oxygen atoms in total. The van der Waals surface area contributed by atoms with E-state index in [9.17, 15) is 13.2 Å². The van der Waals surface area contributed by atoms with E-state index in [1.807, 2.05) is 6.08 Å². The zero-order valence-electron chi connectivity index (χ0n) is 20.3. The summed E-state index contributed by atoms with van der Waals surface area (Å²) in [6.45, 7) is 14.5. The molecule has 32 heavy (non-hydrogen) atoms. The minimum Gasteiger partial charge on any atom is -0.304 e. The summed E-state index contributed by atoms with van der Waals surface area (Å²) in [6.07, 6.45) is 10.7. The Morgan fingerprint density at radius 3 is 2.28 bits per heavy atom. The van der Waals surface area contributed by atoms with Crippen molar-refractivity contribution in [2.45, 2.75) is 79.2 Å². The van der Waals surface area contributed by atoms with E-state index in [1.54, 1.807) is 6.08 Å². The Labute approximate surface area is 194 Å². The number of hydrogen-bond acceptors (Lipinski definition) is 5. The second-order valence-corrected chi connectivity index (χ2v) is 11.4. The van der Waals surface area contributed by atoms with E-state index >= 15 is 0 Å². The van der Waals surface area contributed by atoms with E-state index in [-0.39, 0.29) is 16.6 Å². The molecule has 0 aromatic carbocycles. The molecule has 182 valence electrons. The Kier molecular flexibility index (Phi) is 7.75. The van der Waals surface area contributed by atoms with E-state index in [2.05, 4.69) is 45.6 Å². The first-order valence-electron chi connectivity index (χ1n) is 12.3. The maximum absolute atomic E-state index is 11.8. The number of rotatable bonds is 5. The van der Waals surface area contributed by atoms with Crippen LogP contribution >= 0.6 is 0 Å². The number of carbonyl (C=O) groups excluding carboxylic acids is 1. The fourth-order valence-corrected chi connectivity index (χ4v) is 7.73. The topological polar surface area (TPSA) is 83.9 Å². The van der Waals surface area contributed by atoms with Gasteiger partial charge in [-0.2, -0.15) is 8.42 Å². The van der Waals surface area contributed by atoms with Crippen molar-refractivity contribution in [2.24, 2.45) is 28.6 Å². The molecule has 4 rings (SSSR count). The average Bonchev–Trinajstić information content (AvgIpc) is 3.05. The first-order valence-corrected chi connectivity index (χ1v) is 13.7. The summed E-state index contributed by atoms with van der Waals surface area (Å²) in [4.78, 5) is 14.1. The molecule has 1 N–H and O–H groups in total. The summed E-state index contributed by atoms with van der Waals surface area (Å²) in [7, 11) is -4.42. The van der Waals surface area contributed by atoms with Crippen LogP contribution < -0.4 is 0 Å². The minimum atomic E-state index is -4.42. The summed E-state index contributed by atoms with van der Waals surface area (Å²) in [5.74, 6) is 1.49. The number of fused-ring (bicyclic) bond motifs is 5. The van der Waals surface area contributed by atoms with Crippen LogP contribution in [-0.2, 0) is 19.4 Å². The van der Waals surface area contributed by atoms with E-state index in [0.717, 1.165) is 32.1 Å². The molecule has 0 unspecified atom stereocenters. The highest BCUT2D eigenvalue weighted by Crippen LogP contribution is 2.64. The lowest BCUT2D eigenvalue weighted by Crippen LogP contribution is -2.50. The lowest BCUT2D eigenvalue weighted by molar-refractivity contribution is -0.111. The van der Waals surface area contributed by atoms with Crippen molar-refractivity contribution >= 4 is 16.2 Å². The summed E-state index contributed by atoms with van der Waals surface area (Å²) < 4.78 is 36.7. The Morgan fingerprint density at radius 1 is 1.06 bits per heavy atom. The molecular formula is C25H41NO5S. The molecule has 0 spiro atoms. The maximum atomic E-state index is 11.8. The van der Waals surface area contributed by atoms with Crippen LogP contribution in [0.15, 0.2) is 23.8 Å². The molecule has 4 aliphatic rings. The molecule has 4 aliphatic carbocycles. The third-order valence-electron chi connectivity index (χ3n) is 9.05. The molecule has 0 amide bonds. The second kappa shape index (κ2) is 9.69. The molecule has 0 aromatic rings. The first-order chi connectivity index (χ1) is 15.0. The lowest BCUT2D eigenvalue weighted by atomic mass is 9.48. The zero-order chi connectivity index (χ0) is 23.7. The Balaban J connectivity index is 0.000000360. The van der Waals surface area contributed by atoms with Gasteiger partial charge in [0.15, 0.2) is 5.78 Å². The smallest absolute Gasteiger partial charge is 0.304 e. The SMILES string of the molecule is CCN(CC)CC.C[C@]12CC[C@H]3[C@@H](CCC4=CC(=O)C=C[C@@]43C)[C@@H]1CC[C@H]2OS(=O)(=O)O. The van der Waals surface area contributed by atoms with Gasteiger partial charge in [-0.15, -0.1) is 0 Å². The molecule has 0 heterocycles. The molecule has 3 saturated carbocycles. The molecule has 7 heteroatoms. The van der Waals surface area contributed by atoms with Crippen LogP contribution in [0, 0.1) is 28.6 Å². The third kappa shape index (κ3) is 4.91. The predicted octanol–water partition coefficient (Wildman–Crippen LogP) is 4.83. The van der Waals surface area contributed by atoms with E-state index in [4.69, 9.17) is 8.74 Å². The van der Waals surface area contributed by atoms with Gasteiger partial charge in [0.05, 0.1) is 6.10 Å². The van der Waals surface area contributed by atoms with Gasteiger partial charge in [0.1, 0.15) is 0 Å².